The summed E-state index contributed by atoms with van der Waals surface area (Å²) in [6.07, 6.45) is 0. The third-order valence-electron chi connectivity index (χ3n) is 3.30. The van der Waals surface area contributed by atoms with Crippen LogP contribution in [0.3, 0.4) is 0 Å². The van der Waals surface area contributed by atoms with Gasteiger partial charge in [-0.3, -0.25) is 4.79 Å². The first-order chi connectivity index (χ1) is 12.2. The van der Waals surface area contributed by atoms with E-state index < -0.39 is 5.91 Å². The quantitative estimate of drug-likeness (QED) is 0.755. The predicted octanol–water partition coefficient (Wildman–Crippen LogP) is 4.02. The Morgan fingerprint density at radius 1 is 1.35 bits per heavy atom. The summed E-state index contributed by atoms with van der Waals surface area (Å²) < 4.78 is 16.8. The zero-order valence-electron chi connectivity index (χ0n) is 15.1. The predicted molar refractivity (Wildman–Crippen MR) is 99.4 cm³/mol. The molecule has 138 valence electrons. The molecule has 0 aliphatic rings. The zero-order chi connectivity index (χ0) is 19.3. The lowest BCUT2D eigenvalue weighted by atomic mass is 9.93. The number of hydrogen-bond acceptors (Lipinski definition) is 6. The fraction of sp³-hybridized carbons (Fsp3) is 0.389. The molecule has 0 saturated carbocycles. The van der Waals surface area contributed by atoms with Crippen LogP contribution < -0.4 is 14.8 Å². The first-order valence-electron chi connectivity index (χ1n) is 8.01. The minimum atomic E-state index is -0.391. The van der Waals surface area contributed by atoms with Crippen LogP contribution in [0.5, 0.6) is 11.5 Å². The van der Waals surface area contributed by atoms with Crippen molar-refractivity contribution < 1.29 is 18.8 Å². The topological polar surface area (TPSA) is 97.4 Å². The second-order valence-electron chi connectivity index (χ2n) is 6.49. The summed E-state index contributed by atoms with van der Waals surface area (Å²) in [5, 5.41) is 15.5. The molecule has 2 rings (SSSR count). The molecule has 0 spiro atoms. The summed E-state index contributed by atoms with van der Waals surface area (Å²) in [4.78, 5) is 12.1. The van der Waals surface area contributed by atoms with Crippen molar-refractivity contribution in [1.29, 1.82) is 5.26 Å². The lowest BCUT2D eigenvalue weighted by molar-refractivity contribution is -0.118. The molecule has 1 heterocycles. The van der Waals surface area contributed by atoms with Crippen molar-refractivity contribution in [3.63, 3.8) is 0 Å². The van der Waals surface area contributed by atoms with E-state index in [1.54, 1.807) is 18.2 Å². The number of carbonyl (C=O) groups excluding carboxylic acids is 1. The van der Waals surface area contributed by atoms with Crippen LogP contribution in [0, 0.1) is 11.3 Å². The van der Waals surface area contributed by atoms with Crippen molar-refractivity contribution in [1.82, 2.24) is 5.16 Å². The maximum atomic E-state index is 12.1. The lowest BCUT2D eigenvalue weighted by Gasteiger charge is -2.13. The third-order valence-corrected chi connectivity index (χ3v) is 3.89. The van der Waals surface area contributed by atoms with Crippen LogP contribution >= 0.6 is 15.9 Å². The number of hydrogen-bond donors (Lipinski definition) is 1. The van der Waals surface area contributed by atoms with Gasteiger partial charge in [-0.2, -0.15) is 5.26 Å². The Kier molecular flexibility index (Phi) is 6.27. The van der Waals surface area contributed by atoms with Crippen molar-refractivity contribution in [2.75, 3.05) is 18.5 Å². The van der Waals surface area contributed by atoms with Crippen molar-refractivity contribution in [2.24, 2.45) is 0 Å². The monoisotopic (exact) mass is 421 g/mol. The molecule has 8 heteroatoms. The van der Waals surface area contributed by atoms with Crippen LogP contribution in [-0.4, -0.2) is 24.3 Å². The van der Waals surface area contributed by atoms with Crippen molar-refractivity contribution in [3.8, 4) is 17.6 Å². The minimum Gasteiger partial charge on any atom is -0.490 e. The van der Waals surface area contributed by atoms with E-state index in [1.807, 2.05) is 33.8 Å². The summed E-state index contributed by atoms with van der Waals surface area (Å²) in [6.45, 7) is 7.93. The Hall–Kier alpha value is -2.53. The van der Waals surface area contributed by atoms with E-state index in [9.17, 15) is 4.79 Å². The Labute approximate surface area is 160 Å². The highest BCUT2D eigenvalue weighted by Gasteiger charge is 2.20. The Balaban J connectivity index is 2.05. The molecule has 0 aliphatic heterocycles. The largest absolute Gasteiger partial charge is 0.490 e. The number of nitrogens with zero attached hydrogens (tertiary/aromatic N) is 2. The van der Waals surface area contributed by atoms with Gasteiger partial charge < -0.3 is 19.3 Å². The standard InChI is InChI=1S/C18H20BrN3O4/c1-5-24-13-7-11(9-20)6-12(19)17(13)25-10-16(23)21-15-8-14(26-22-15)18(2,3)4/h6-8H,5,10H2,1-4H3,(H,21,22,23). The smallest absolute Gasteiger partial charge is 0.263 e. The molecule has 1 N–H and O–H groups in total. The maximum absolute atomic E-state index is 12.1. The number of anilines is 1. The van der Waals surface area contributed by atoms with Crippen LogP contribution in [0.4, 0.5) is 5.82 Å². The number of rotatable bonds is 6. The molecule has 26 heavy (non-hydrogen) atoms. The molecule has 0 fully saturated rings. The van der Waals surface area contributed by atoms with Gasteiger partial charge in [-0.1, -0.05) is 25.9 Å². The van der Waals surface area contributed by atoms with E-state index in [2.05, 4.69) is 26.4 Å². The van der Waals surface area contributed by atoms with Crippen molar-refractivity contribution in [2.45, 2.75) is 33.1 Å². The van der Waals surface area contributed by atoms with Gasteiger partial charge >= 0.3 is 0 Å². The van der Waals surface area contributed by atoms with Crippen molar-refractivity contribution in [3.05, 3.63) is 34.0 Å². The van der Waals surface area contributed by atoms with Crippen LogP contribution in [0.15, 0.2) is 27.2 Å². The van der Waals surface area contributed by atoms with Gasteiger partial charge in [-0.15, -0.1) is 0 Å². The van der Waals surface area contributed by atoms with Gasteiger partial charge in [-0.05, 0) is 28.9 Å². The van der Waals surface area contributed by atoms with E-state index in [0.717, 1.165) is 0 Å². The Morgan fingerprint density at radius 3 is 2.65 bits per heavy atom. The second-order valence-corrected chi connectivity index (χ2v) is 7.35. The molecule has 1 amide bonds. The molecule has 0 bridgehead atoms. The highest BCUT2D eigenvalue weighted by molar-refractivity contribution is 9.10. The summed E-state index contributed by atoms with van der Waals surface area (Å²) in [5.41, 5.74) is 0.223. The number of nitrogens with one attached hydrogen (secondary N) is 1. The number of carbonyl (C=O) groups is 1. The summed E-state index contributed by atoms with van der Waals surface area (Å²) in [5.74, 6) is 1.35. The normalized spacial score (nSPS) is 10.9. The molecule has 0 saturated heterocycles. The molecule has 0 unspecified atom stereocenters. The minimum absolute atomic E-state index is 0.202. The van der Waals surface area contributed by atoms with Gasteiger partial charge in [0.2, 0.25) is 0 Å². The van der Waals surface area contributed by atoms with Crippen LogP contribution in [0.25, 0.3) is 0 Å². The summed E-state index contributed by atoms with van der Waals surface area (Å²) >= 11 is 3.34. The van der Waals surface area contributed by atoms with E-state index >= 15 is 0 Å². The number of nitriles is 1. The number of benzene rings is 1. The average Bonchev–Trinajstić information content (AvgIpc) is 3.02. The van der Waals surface area contributed by atoms with Gasteiger partial charge in [-0.25, -0.2) is 0 Å². The summed E-state index contributed by atoms with van der Waals surface area (Å²) in [6, 6.07) is 6.89. The van der Waals surface area contributed by atoms with Crippen LogP contribution in [-0.2, 0) is 10.2 Å². The molecule has 1 aromatic heterocycles. The SMILES string of the molecule is CCOc1cc(C#N)cc(Br)c1OCC(=O)Nc1cc(C(C)(C)C)on1. The summed E-state index contributed by atoms with van der Waals surface area (Å²) in [7, 11) is 0. The molecule has 7 nitrogen and oxygen atoms in total. The molecule has 1 aromatic carbocycles. The van der Waals surface area contributed by atoms with E-state index in [-0.39, 0.29) is 12.0 Å². The van der Waals surface area contributed by atoms with Gasteiger partial charge in [0.25, 0.3) is 5.91 Å². The van der Waals surface area contributed by atoms with E-state index in [0.29, 0.717) is 39.7 Å². The number of aromatic nitrogens is 1. The number of halogens is 1. The number of amides is 1. The molecule has 2 aromatic rings. The maximum Gasteiger partial charge on any atom is 0.263 e. The zero-order valence-corrected chi connectivity index (χ0v) is 16.6. The fourth-order valence-corrected chi connectivity index (χ4v) is 2.60. The highest BCUT2D eigenvalue weighted by Crippen LogP contribution is 2.36. The van der Waals surface area contributed by atoms with Gasteiger partial charge in [0.1, 0.15) is 5.76 Å². The molecular formula is C18H20BrN3O4. The fourth-order valence-electron chi connectivity index (χ4n) is 2.04. The third kappa shape index (κ3) is 4.99. The molecular weight excluding hydrogens is 402 g/mol. The first kappa shape index (κ1) is 19.8. The highest BCUT2D eigenvalue weighted by atomic mass is 79.9. The first-order valence-corrected chi connectivity index (χ1v) is 8.80. The molecule has 0 radical (unpaired) electrons. The van der Waals surface area contributed by atoms with E-state index in [4.69, 9.17) is 19.3 Å². The molecule has 0 atom stereocenters. The molecule has 0 aliphatic carbocycles. The lowest BCUT2D eigenvalue weighted by Crippen LogP contribution is -2.20. The Morgan fingerprint density at radius 2 is 2.08 bits per heavy atom. The Bertz CT molecular complexity index is 834. The average molecular weight is 422 g/mol. The van der Waals surface area contributed by atoms with Gasteiger partial charge in [0, 0.05) is 17.5 Å². The second kappa shape index (κ2) is 8.23. The van der Waals surface area contributed by atoms with Gasteiger partial charge in [0.15, 0.2) is 23.9 Å². The van der Waals surface area contributed by atoms with Crippen LogP contribution in [0.2, 0.25) is 0 Å². The van der Waals surface area contributed by atoms with Crippen LogP contribution in [0.1, 0.15) is 39.0 Å². The number of ether oxygens (including phenoxy) is 2. The van der Waals surface area contributed by atoms with Crippen molar-refractivity contribution >= 4 is 27.7 Å². The van der Waals surface area contributed by atoms with E-state index in [1.165, 1.54) is 0 Å². The van der Waals surface area contributed by atoms with Gasteiger partial charge in [0.05, 0.1) is 22.7 Å².